The first-order valence-corrected chi connectivity index (χ1v) is 7.98. The highest BCUT2D eigenvalue weighted by molar-refractivity contribution is 5.94. The molecule has 0 atom stereocenters. The van der Waals surface area contributed by atoms with Gasteiger partial charge in [0.05, 0.1) is 5.69 Å². The highest BCUT2D eigenvalue weighted by Gasteiger charge is 2.12. The lowest BCUT2D eigenvalue weighted by Crippen LogP contribution is -2.12. The van der Waals surface area contributed by atoms with Gasteiger partial charge in [-0.05, 0) is 41.8 Å². The molecule has 0 aliphatic carbocycles. The maximum atomic E-state index is 13.2. The van der Waals surface area contributed by atoms with Crippen molar-refractivity contribution in [3.8, 4) is 16.9 Å². The van der Waals surface area contributed by atoms with Gasteiger partial charge in [0.25, 0.3) is 0 Å². The molecule has 0 aliphatic rings. The molecule has 27 heavy (non-hydrogen) atoms. The molecule has 4 nitrogen and oxygen atoms in total. The predicted molar refractivity (Wildman–Crippen MR) is 93.6 cm³/mol. The number of rotatable bonds is 5. The molecule has 0 saturated carbocycles. The second-order valence-corrected chi connectivity index (χ2v) is 5.92. The van der Waals surface area contributed by atoms with Crippen LogP contribution in [0.2, 0.25) is 0 Å². The van der Waals surface area contributed by atoms with Crippen molar-refractivity contribution in [3.63, 3.8) is 0 Å². The second-order valence-electron chi connectivity index (χ2n) is 5.92. The van der Waals surface area contributed by atoms with Crippen LogP contribution in [0, 0.1) is 24.4 Å². The SMILES string of the molecule is Cc1cc(-c2ccnc(COc3cc(F)c(F)c(F)c3)c2)ccc1C(N)=O. The molecule has 1 heterocycles. The van der Waals surface area contributed by atoms with Crippen LogP contribution < -0.4 is 10.5 Å². The first-order valence-electron chi connectivity index (χ1n) is 7.98. The molecule has 0 fully saturated rings. The van der Waals surface area contributed by atoms with Gasteiger partial charge in [0.15, 0.2) is 17.5 Å². The van der Waals surface area contributed by atoms with E-state index in [0.717, 1.165) is 28.8 Å². The Labute approximate surface area is 153 Å². The molecular formula is C20H15F3N2O2. The number of primary amides is 1. The van der Waals surface area contributed by atoms with Crippen LogP contribution in [0.15, 0.2) is 48.7 Å². The van der Waals surface area contributed by atoms with Crippen LogP contribution in [0.1, 0.15) is 21.6 Å². The zero-order chi connectivity index (χ0) is 19.6. The number of pyridine rings is 1. The van der Waals surface area contributed by atoms with Crippen LogP contribution in [0.4, 0.5) is 13.2 Å². The summed E-state index contributed by atoms with van der Waals surface area (Å²) >= 11 is 0. The van der Waals surface area contributed by atoms with Crippen molar-refractivity contribution in [3.05, 3.63) is 82.9 Å². The lowest BCUT2D eigenvalue weighted by atomic mass is 10.00. The van der Waals surface area contributed by atoms with Gasteiger partial charge in [-0.1, -0.05) is 12.1 Å². The molecule has 1 amide bonds. The largest absolute Gasteiger partial charge is 0.487 e. The Morgan fingerprint density at radius 3 is 2.33 bits per heavy atom. The average Bonchev–Trinajstić information content (AvgIpc) is 2.64. The fourth-order valence-electron chi connectivity index (χ4n) is 2.63. The molecular weight excluding hydrogens is 357 g/mol. The molecule has 0 aliphatic heterocycles. The van der Waals surface area contributed by atoms with E-state index < -0.39 is 23.4 Å². The molecule has 0 radical (unpaired) electrons. The van der Waals surface area contributed by atoms with E-state index in [1.54, 1.807) is 37.4 Å². The van der Waals surface area contributed by atoms with Crippen molar-refractivity contribution in [2.24, 2.45) is 5.73 Å². The van der Waals surface area contributed by atoms with E-state index >= 15 is 0 Å². The maximum Gasteiger partial charge on any atom is 0.248 e. The summed E-state index contributed by atoms with van der Waals surface area (Å²) in [6, 6.07) is 10.3. The molecule has 0 saturated heterocycles. The summed E-state index contributed by atoms with van der Waals surface area (Å²) in [5.41, 5.74) is 8.67. The predicted octanol–water partition coefficient (Wildman–Crippen LogP) is 4.15. The Kier molecular flexibility index (Phi) is 5.12. The fourth-order valence-corrected chi connectivity index (χ4v) is 2.63. The molecule has 2 aromatic carbocycles. The zero-order valence-corrected chi connectivity index (χ0v) is 14.3. The number of hydrogen-bond acceptors (Lipinski definition) is 3. The number of nitrogens with two attached hydrogens (primary N) is 1. The smallest absolute Gasteiger partial charge is 0.248 e. The van der Waals surface area contributed by atoms with Crippen molar-refractivity contribution in [2.45, 2.75) is 13.5 Å². The Hall–Kier alpha value is -3.35. The number of carbonyl (C=O) groups excluding carboxylic acids is 1. The van der Waals surface area contributed by atoms with Crippen molar-refractivity contribution >= 4 is 5.91 Å². The van der Waals surface area contributed by atoms with E-state index in [0.29, 0.717) is 11.3 Å². The van der Waals surface area contributed by atoms with Gasteiger partial charge in [0, 0.05) is 23.9 Å². The van der Waals surface area contributed by atoms with Crippen molar-refractivity contribution in [1.29, 1.82) is 0 Å². The number of hydrogen-bond donors (Lipinski definition) is 1. The first-order chi connectivity index (χ1) is 12.8. The molecule has 138 valence electrons. The number of benzene rings is 2. The zero-order valence-electron chi connectivity index (χ0n) is 14.3. The number of aryl methyl sites for hydroxylation is 1. The summed E-state index contributed by atoms with van der Waals surface area (Å²) in [7, 11) is 0. The lowest BCUT2D eigenvalue weighted by molar-refractivity contribution is 0.0999. The van der Waals surface area contributed by atoms with Crippen LogP contribution >= 0.6 is 0 Å². The third-order valence-corrected chi connectivity index (χ3v) is 3.99. The quantitative estimate of drug-likeness (QED) is 0.684. The third kappa shape index (κ3) is 4.08. The first kappa shape index (κ1) is 18.4. The topological polar surface area (TPSA) is 65.2 Å². The lowest BCUT2D eigenvalue weighted by Gasteiger charge is -2.09. The van der Waals surface area contributed by atoms with Crippen molar-refractivity contribution in [1.82, 2.24) is 4.98 Å². The molecule has 2 N–H and O–H groups in total. The molecule has 3 rings (SSSR count). The normalized spacial score (nSPS) is 10.7. The third-order valence-electron chi connectivity index (χ3n) is 3.99. The Morgan fingerprint density at radius 2 is 1.70 bits per heavy atom. The van der Waals surface area contributed by atoms with Gasteiger partial charge in [0.1, 0.15) is 12.4 Å². The Morgan fingerprint density at radius 1 is 1.04 bits per heavy atom. The van der Waals surface area contributed by atoms with E-state index in [9.17, 15) is 18.0 Å². The summed E-state index contributed by atoms with van der Waals surface area (Å²) in [4.78, 5) is 15.5. The Balaban J connectivity index is 1.80. The van der Waals surface area contributed by atoms with Crippen LogP contribution in [-0.2, 0) is 6.61 Å². The summed E-state index contributed by atoms with van der Waals surface area (Å²) < 4.78 is 44.8. The van der Waals surface area contributed by atoms with Gasteiger partial charge in [-0.3, -0.25) is 9.78 Å². The van der Waals surface area contributed by atoms with Crippen molar-refractivity contribution in [2.75, 3.05) is 0 Å². The van der Waals surface area contributed by atoms with Crippen LogP contribution in [0.3, 0.4) is 0 Å². The molecule has 7 heteroatoms. The minimum absolute atomic E-state index is 0.0588. The maximum absolute atomic E-state index is 13.2. The minimum atomic E-state index is -1.54. The summed E-state index contributed by atoms with van der Waals surface area (Å²) in [6.45, 7) is 1.73. The molecule has 1 aromatic heterocycles. The molecule has 0 bridgehead atoms. The fraction of sp³-hybridized carbons (Fsp3) is 0.100. The Bertz CT molecular complexity index is 999. The number of aromatic nitrogens is 1. The highest BCUT2D eigenvalue weighted by Crippen LogP contribution is 2.24. The van der Waals surface area contributed by atoms with Gasteiger partial charge in [-0.25, -0.2) is 13.2 Å². The molecule has 0 unspecified atom stereocenters. The van der Waals surface area contributed by atoms with Gasteiger partial charge in [-0.15, -0.1) is 0 Å². The van der Waals surface area contributed by atoms with Gasteiger partial charge in [-0.2, -0.15) is 0 Å². The van der Waals surface area contributed by atoms with E-state index in [4.69, 9.17) is 10.5 Å². The number of carbonyl (C=O) groups is 1. The van der Waals surface area contributed by atoms with Crippen molar-refractivity contribution < 1.29 is 22.7 Å². The van der Waals surface area contributed by atoms with E-state index in [-0.39, 0.29) is 12.4 Å². The number of halogens is 3. The van der Waals surface area contributed by atoms with E-state index in [1.165, 1.54) is 0 Å². The van der Waals surface area contributed by atoms with Crippen LogP contribution in [-0.4, -0.2) is 10.9 Å². The van der Waals surface area contributed by atoms with Gasteiger partial charge >= 0.3 is 0 Å². The number of nitrogens with zero attached hydrogens (tertiary/aromatic N) is 1. The highest BCUT2D eigenvalue weighted by atomic mass is 19.2. The van der Waals surface area contributed by atoms with Crippen LogP contribution in [0.25, 0.3) is 11.1 Å². The minimum Gasteiger partial charge on any atom is -0.487 e. The van der Waals surface area contributed by atoms with E-state index in [2.05, 4.69) is 4.98 Å². The second kappa shape index (κ2) is 7.49. The standard InChI is InChI=1S/C20H15F3N2O2/c1-11-6-12(2-3-16(11)20(24)26)13-4-5-25-14(7-13)10-27-15-8-17(21)19(23)18(22)9-15/h2-9H,10H2,1H3,(H2,24,26). The van der Waals surface area contributed by atoms with Crippen LogP contribution in [0.5, 0.6) is 5.75 Å². The average molecular weight is 372 g/mol. The summed E-state index contributed by atoms with van der Waals surface area (Å²) in [5.74, 6) is -4.83. The van der Waals surface area contributed by atoms with Gasteiger partial charge in [0.2, 0.25) is 5.91 Å². The van der Waals surface area contributed by atoms with E-state index in [1.807, 2.05) is 6.07 Å². The number of amides is 1. The summed E-state index contributed by atoms with van der Waals surface area (Å²) in [6.07, 6.45) is 1.57. The monoisotopic (exact) mass is 372 g/mol. The van der Waals surface area contributed by atoms with Gasteiger partial charge < -0.3 is 10.5 Å². The number of ether oxygens (including phenoxy) is 1. The summed E-state index contributed by atoms with van der Waals surface area (Å²) in [5, 5.41) is 0. The molecule has 0 spiro atoms. The molecule has 3 aromatic rings.